The summed E-state index contributed by atoms with van der Waals surface area (Å²) in [6.07, 6.45) is 5.50. The van der Waals surface area contributed by atoms with Crippen LogP contribution in [0.4, 0.5) is 17.3 Å². The molecule has 2 rings (SSSR count). The summed E-state index contributed by atoms with van der Waals surface area (Å²) in [6.45, 7) is 4.42. The zero-order valence-corrected chi connectivity index (χ0v) is 11.2. The SMILES string of the molecule is CC1(C)CCCC(Nc2ncnc(N)c2[N+](=O)[O-])C1. The van der Waals surface area contributed by atoms with Gasteiger partial charge in [0.25, 0.3) is 0 Å². The molecular weight excluding hydrogens is 246 g/mol. The molecule has 19 heavy (non-hydrogen) atoms. The highest BCUT2D eigenvalue weighted by molar-refractivity contribution is 5.67. The van der Waals surface area contributed by atoms with Crippen LogP contribution in [0.15, 0.2) is 6.33 Å². The number of hydrogen-bond donors (Lipinski definition) is 2. The van der Waals surface area contributed by atoms with Gasteiger partial charge in [-0.3, -0.25) is 10.1 Å². The Bertz CT molecular complexity index is 489. The van der Waals surface area contributed by atoms with Crippen molar-refractivity contribution < 1.29 is 4.92 Å². The van der Waals surface area contributed by atoms with Gasteiger partial charge >= 0.3 is 5.69 Å². The van der Waals surface area contributed by atoms with Crippen molar-refractivity contribution in [1.29, 1.82) is 0 Å². The molecule has 7 heteroatoms. The Balaban J connectivity index is 2.19. The van der Waals surface area contributed by atoms with E-state index in [1.807, 2.05) is 0 Å². The van der Waals surface area contributed by atoms with Gasteiger partial charge in [-0.25, -0.2) is 9.97 Å². The third kappa shape index (κ3) is 3.10. The van der Waals surface area contributed by atoms with Crippen LogP contribution in [0.3, 0.4) is 0 Å². The van der Waals surface area contributed by atoms with Gasteiger partial charge in [-0.15, -0.1) is 0 Å². The Labute approximate surface area is 111 Å². The van der Waals surface area contributed by atoms with Gasteiger partial charge in [0.15, 0.2) is 0 Å². The van der Waals surface area contributed by atoms with Gasteiger partial charge in [0.2, 0.25) is 11.6 Å². The summed E-state index contributed by atoms with van der Waals surface area (Å²) in [5.74, 6) is 0.123. The zero-order chi connectivity index (χ0) is 14.0. The molecule has 0 saturated heterocycles. The second-order valence-electron chi connectivity index (χ2n) is 5.82. The van der Waals surface area contributed by atoms with Crippen molar-refractivity contribution in [1.82, 2.24) is 9.97 Å². The first-order chi connectivity index (χ1) is 8.89. The number of nitrogens with two attached hydrogens (primary N) is 1. The number of nitrogen functional groups attached to an aromatic ring is 1. The van der Waals surface area contributed by atoms with Crippen molar-refractivity contribution in [3.8, 4) is 0 Å². The van der Waals surface area contributed by atoms with Crippen LogP contribution in [0.1, 0.15) is 39.5 Å². The molecule has 1 aliphatic carbocycles. The monoisotopic (exact) mass is 265 g/mol. The van der Waals surface area contributed by atoms with E-state index in [-0.39, 0.29) is 28.8 Å². The molecule has 0 aromatic carbocycles. The lowest BCUT2D eigenvalue weighted by Gasteiger charge is -2.35. The molecule has 0 amide bonds. The molecule has 0 radical (unpaired) electrons. The van der Waals surface area contributed by atoms with Crippen molar-refractivity contribution in [2.45, 2.75) is 45.6 Å². The summed E-state index contributed by atoms with van der Waals surface area (Å²) >= 11 is 0. The number of aromatic nitrogens is 2. The number of hydrogen-bond acceptors (Lipinski definition) is 6. The maximum Gasteiger partial charge on any atom is 0.352 e. The number of anilines is 2. The lowest BCUT2D eigenvalue weighted by molar-refractivity contribution is -0.383. The Kier molecular flexibility index (Phi) is 3.55. The average molecular weight is 265 g/mol. The van der Waals surface area contributed by atoms with E-state index in [4.69, 9.17) is 5.73 Å². The summed E-state index contributed by atoms with van der Waals surface area (Å²) in [4.78, 5) is 18.1. The van der Waals surface area contributed by atoms with Crippen LogP contribution in [0.5, 0.6) is 0 Å². The first-order valence-electron chi connectivity index (χ1n) is 6.40. The van der Waals surface area contributed by atoms with Crippen LogP contribution in [0.2, 0.25) is 0 Å². The predicted molar refractivity (Wildman–Crippen MR) is 72.8 cm³/mol. The standard InChI is InChI=1S/C12H19N5O2/c1-12(2)5-3-4-8(6-12)16-11-9(17(18)19)10(13)14-7-15-11/h7-8H,3-6H2,1-2H3,(H3,13,14,15,16). The number of rotatable bonds is 3. The highest BCUT2D eigenvalue weighted by Gasteiger charge is 2.30. The first kappa shape index (κ1) is 13.5. The van der Waals surface area contributed by atoms with E-state index in [9.17, 15) is 10.1 Å². The van der Waals surface area contributed by atoms with Crippen molar-refractivity contribution in [3.63, 3.8) is 0 Å². The minimum Gasteiger partial charge on any atom is -0.378 e. The smallest absolute Gasteiger partial charge is 0.352 e. The second kappa shape index (κ2) is 4.99. The largest absolute Gasteiger partial charge is 0.378 e. The highest BCUT2D eigenvalue weighted by Crippen LogP contribution is 2.37. The molecular formula is C12H19N5O2. The van der Waals surface area contributed by atoms with Crippen molar-refractivity contribution >= 4 is 17.3 Å². The molecule has 3 N–H and O–H groups in total. The number of nitrogens with one attached hydrogen (secondary N) is 1. The van der Waals surface area contributed by atoms with E-state index >= 15 is 0 Å². The fourth-order valence-corrected chi connectivity index (χ4v) is 2.69. The third-order valence-electron chi connectivity index (χ3n) is 3.58. The molecule has 0 aliphatic heterocycles. The molecule has 1 aromatic heterocycles. The lowest BCUT2D eigenvalue weighted by Crippen LogP contribution is -2.32. The molecule has 1 heterocycles. The third-order valence-corrected chi connectivity index (χ3v) is 3.58. The van der Waals surface area contributed by atoms with Gasteiger partial charge in [0, 0.05) is 6.04 Å². The van der Waals surface area contributed by atoms with Gasteiger partial charge in [-0.1, -0.05) is 20.3 Å². The minimum atomic E-state index is -0.536. The zero-order valence-electron chi connectivity index (χ0n) is 11.2. The Morgan fingerprint density at radius 1 is 1.53 bits per heavy atom. The highest BCUT2D eigenvalue weighted by atomic mass is 16.6. The van der Waals surface area contributed by atoms with E-state index < -0.39 is 4.92 Å². The van der Waals surface area contributed by atoms with Crippen LogP contribution in [0.25, 0.3) is 0 Å². The van der Waals surface area contributed by atoms with E-state index in [1.165, 1.54) is 12.7 Å². The fourth-order valence-electron chi connectivity index (χ4n) is 2.69. The summed E-state index contributed by atoms with van der Waals surface area (Å²) < 4.78 is 0. The van der Waals surface area contributed by atoms with Gasteiger partial charge in [-0.2, -0.15) is 0 Å². The second-order valence-corrected chi connectivity index (χ2v) is 5.82. The minimum absolute atomic E-state index is 0.0995. The molecule has 1 unspecified atom stereocenters. The van der Waals surface area contributed by atoms with Crippen molar-refractivity contribution in [2.75, 3.05) is 11.1 Å². The maximum absolute atomic E-state index is 11.0. The molecule has 0 bridgehead atoms. The summed E-state index contributed by atoms with van der Waals surface area (Å²) in [5.41, 5.74) is 5.57. The number of nitrogens with zero attached hydrogens (tertiary/aromatic N) is 3. The van der Waals surface area contributed by atoms with E-state index in [0.717, 1.165) is 19.3 Å². The first-order valence-corrected chi connectivity index (χ1v) is 6.40. The molecule has 1 atom stereocenters. The molecule has 0 spiro atoms. The molecule has 7 nitrogen and oxygen atoms in total. The van der Waals surface area contributed by atoms with Crippen LogP contribution < -0.4 is 11.1 Å². The van der Waals surface area contributed by atoms with Crippen LogP contribution in [-0.2, 0) is 0 Å². The average Bonchev–Trinajstić information content (AvgIpc) is 2.26. The quantitative estimate of drug-likeness (QED) is 0.641. The Morgan fingerprint density at radius 3 is 2.89 bits per heavy atom. The van der Waals surface area contributed by atoms with E-state index in [2.05, 4.69) is 29.1 Å². The molecule has 1 saturated carbocycles. The molecule has 1 aromatic rings. The van der Waals surface area contributed by atoms with Crippen molar-refractivity contribution in [2.24, 2.45) is 5.41 Å². The fraction of sp³-hybridized carbons (Fsp3) is 0.667. The van der Waals surface area contributed by atoms with Crippen LogP contribution in [-0.4, -0.2) is 20.9 Å². The predicted octanol–water partition coefficient (Wildman–Crippen LogP) is 2.35. The summed E-state index contributed by atoms with van der Waals surface area (Å²) in [6, 6.07) is 0.191. The maximum atomic E-state index is 11.0. The summed E-state index contributed by atoms with van der Waals surface area (Å²) in [7, 11) is 0. The Hall–Kier alpha value is -1.92. The van der Waals surface area contributed by atoms with E-state index in [1.54, 1.807) is 0 Å². The molecule has 1 aliphatic rings. The van der Waals surface area contributed by atoms with Crippen LogP contribution in [0, 0.1) is 15.5 Å². The molecule has 1 fully saturated rings. The van der Waals surface area contributed by atoms with Gasteiger partial charge in [0.05, 0.1) is 4.92 Å². The molecule has 104 valence electrons. The van der Waals surface area contributed by atoms with Gasteiger partial charge in [0.1, 0.15) is 6.33 Å². The van der Waals surface area contributed by atoms with Crippen LogP contribution >= 0.6 is 0 Å². The van der Waals surface area contributed by atoms with Crippen molar-refractivity contribution in [3.05, 3.63) is 16.4 Å². The lowest BCUT2D eigenvalue weighted by atomic mass is 9.75. The topological polar surface area (TPSA) is 107 Å². The number of nitro groups is 1. The normalized spacial score (nSPS) is 21.9. The van der Waals surface area contributed by atoms with E-state index in [0.29, 0.717) is 0 Å². The Morgan fingerprint density at radius 2 is 2.26 bits per heavy atom. The summed E-state index contributed by atoms with van der Waals surface area (Å²) in [5, 5.41) is 14.2. The van der Waals surface area contributed by atoms with Gasteiger partial charge in [-0.05, 0) is 24.7 Å². The van der Waals surface area contributed by atoms with Gasteiger partial charge < -0.3 is 11.1 Å².